The SMILES string of the molecule is c1ccc(-c2cccc(-c3nc(-c4ccccc4)nc(-c4ccc5c(c4)-c4cc(-c6ccc7cccnc7c6)ccc4C54c5ccccc5Oc5ccccc54)n3)c2)cc1. The van der Waals surface area contributed by atoms with Crippen molar-refractivity contribution in [1.82, 2.24) is 19.9 Å². The molecule has 10 aromatic rings. The molecule has 0 fully saturated rings. The average molecular weight is 767 g/mol. The van der Waals surface area contributed by atoms with Crippen LogP contribution in [-0.2, 0) is 5.41 Å². The molecule has 2 aliphatic rings. The number of hydrogen-bond donors (Lipinski definition) is 0. The summed E-state index contributed by atoms with van der Waals surface area (Å²) in [5.41, 5.74) is 14.5. The second-order valence-corrected chi connectivity index (χ2v) is 15.4. The fourth-order valence-corrected chi connectivity index (χ4v) is 9.29. The van der Waals surface area contributed by atoms with E-state index in [1.807, 2.05) is 36.5 Å². The van der Waals surface area contributed by atoms with Crippen molar-refractivity contribution in [2.24, 2.45) is 0 Å². The van der Waals surface area contributed by atoms with E-state index in [0.717, 1.165) is 83.6 Å². The quantitative estimate of drug-likeness (QED) is 0.175. The number of pyridine rings is 1. The van der Waals surface area contributed by atoms with E-state index in [0.29, 0.717) is 17.5 Å². The molecule has 3 heterocycles. The first-order valence-corrected chi connectivity index (χ1v) is 20.2. The Kier molecular flexibility index (Phi) is 7.69. The largest absolute Gasteiger partial charge is 0.457 e. The van der Waals surface area contributed by atoms with Gasteiger partial charge in [0, 0.05) is 39.4 Å². The third-order valence-electron chi connectivity index (χ3n) is 12.0. The summed E-state index contributed by atoms with van der Waals surface area (Å²) in [6, 6.07) is 70.2. The molecule has 0 N–H and O–H groups in total. The van der Waals surface area contributed by atoms with Gasteiger partial charge in [-0.05, 0) is 87.0 Å². The van der Waals surface area contributed by atoms with Crippen LogP contribution in [0, 0.1) is 0 Å². The Labute approximate surface area is 347 Å². The molecule has 8 aromatic carbocycles. The molecule has 5 heteroatoms. The summed E-state index contributed by atoms with van der Waals surface area (Å²) in [5, 5.41) is 1.12. The van der Waals surface area contributed by atoms with E-state index >= 15 is 0 Å². The normalized spacial score (nSPS) is 12.9. The summed E-state index contributed by atoms with van der Waals surface area (Å²) in [6.07, 6.45) is 1.85. The van der Waals surface area contributed by atoms with Gasteiger partial charge in [-0.15, -0.1) is 0 Å². The Morgan fingerprint density at radius 3 is 1.53 bits per heavy atom. The van der Waals surface area contributed by atoms with Crippen molar-refractivity contribution in [3.63, 3.8) is 0 Å². The summed E-state index contributed by atoms with van der Waals surface area (Å²) in [4.78, 5) is 20.2. The molecule has 280 valence electrons. The molecule has 0 atom stereocenters. The van der Waals surface area contributed by atoms with E-state index < -0.39 is 5.41 Å². The topological polar surface area (TPSA) is 60.8 Å². The molecule has 2 aromatic heterocycles. The predicted molar refractivity (Wildman–Crippen MR) is 240 cm³/mol. The Morgan fingerprint density at radius 2 is 0.833 bits per heavy atom. The fourth-order valence-electron chi connectivity index (χ4n) is 9.29. The molecule has 0 saturated heterocycles. The zero-order chi connectivity index (χ0) is 39.6. The molecule has 0 unspecified atom stereocenters. The Hall–Kier alpha value is -8.02. The summed E-state index contributed by atoms with van der Waals surface area (Å²) < 4.78 is 6.63. The van der Waals surface area contributed by atoms with Crippen LogP contribution in [0.4, 0.5) is 0 Å². The van der Waals surface area contributed by atoms with E-state index in [2.05, 4.69) is 175 Å². The lowest BCUT2D eigenvalue weighted by Crippen LogP contribution is -2.32. The minimum Gasteiger partial charge on any atom is -0.457 e. The number of fused-ring (bicyclic) bond motifs is 10. The Balaban J connectivity index is 1.09. The van der Waals surface area contributed by atoms with Gasteiger partial charge in [-0.1, -0.05) is 158 Å². The second kappa shape index (κ2) is 13.5. The van der Waals surface area contributed by atoms with Crippen LogP contribution in [0.3, 0.4) is 0 Å². The van der Waals surface area contributed by atoms with Crippen molar-refractivity contribution in [3.8, 4) is 79.0 Å². The highest BCUT2D eigenvalue weighted by molar-refractivity contribution is 5.93. The van der Waals surface area contributed by atoms with Gasteiger partial charge in [0.25, 0.3) is 0 Å². The van der Waals surface area contributed by atoms with Crippen molar-refractivity contribution in [3.05, 3.63) is 229 Å². The van der Waals surface area contributed by atoms with Crippen LogP contribution in [0.1, 0.15) is 22.3 Å². The summed E-state index contributed by atoms with van der Waals surface area (Å²) in [5.74, 6) is 3.57. The zero-order valence-corrected chi connectivity index (χ0v) is 32.3. The molecular formula is C55H34N4O. The first kappa shape index (κ1) is 34.1. The lowest BCUT2D eigenvalue weighted by molar-refractivity contribution is 0.436. The van der Waals surface area contributed by atoms with Crippen LogP contribution >= 0.6 is 0 Å². The Bertz CT molecular complexity index is 3260. The van der Waals surface area contributed by atoms with Gasteiger partial charge in [-0.25, -0.2) is 15.0 Å². The van der Waals surface area contributed by atoms with Crippen molar-refractivity contribution < 1.29 is 4.74 Å². The first-order valence-electron chi connectivity index (χ1n) is 20.2. The number of benzene rings is 8. The molecule has 1 spiro atoms. The van der Waals surface area contributed by atoms with E-state index in [-0.39, 0.29) is 0 Å². The molecule has 0 amide bonds. The van der Waals surface area contributed by atoms with Gasteiger partial charge in [0.05, 0.1) is 10.9 Å². The number of nitrogens with zero attached hydrogens (tertiary/aromatic N) is 4. The number of rotatable bonds is 5. The van der Waals surface area contributed by atoms with Crippen LogP contribution in [0.15, 0.2) is 206 Å². The van der Waals surface area contributed by atoms with Crippen LogP contribution in [-0.4, -0.2) is 19.9 Å². The molecule has 1 aliphatic carbocycles. The van der Waals surface area contributed by atoms with Crippen LogP contribution in [0.5, 0.6) is 11.5 Å². The monoisotopic (exact) mass is 766 g/mol. The highest BCUT2D eigenvalue weighted by Crippen LogP contribution is 2.62. The van der Waals surface area contributed by atoms with Crippen molar-refractivity contribution in [2.75, 3.05) is 0 Å². The minimum atomic E-state index is -0.616. The van der Waals surface area contributed by atoms with Gasteiger partial charge < -0.3 is 4.74 Å². The van der Waals surface area contributed by atoms with Crippen molar-refractivity contribution in [1.29, 1.82) is 0 Å². The number of aromatic nitrogens is 4. The maximum Gasteiger partial charge on any atom is 0.164 e. The summed E-state index contributed by atoms with van der Waals surface area (Å²) >= 11 is 0. The smallest absolute Gasteiger partial charge is 0.164 e. The summed E-state index contributed by atoms with van der Waals surface area (Å²) in [7, 11) is 0. The molecular weight excluding hydrogens is 733 g/mol. The van der Waals surface area contributed by atoms with Gasteiger partial charge in [0.15, 0.2) is 17.5 Å². The van der Waals surface area contributed by atoms with Crippen molar-refractivity contribution in [2.45, 2.75) is 5.41 Å². The van der Waals surface area contributed by atoms with E-state index in [9.17, 15) is 0 Å². The van der Waals surface area contributed by atoms with E-state index in [1.54, 1.807) is 0 Å². The molecule has 0 bridgehead atoms. The van der Waals surface area contributed by atoms with Gasteiger partial charge in [0.2, 0.25) is 0 Å². The van der Waals surface area contributed by atoms with Gasteiger partial charge in [-0.3, -0.25) is 4.98 Å². The lowest BCUT2D eigenvalue weighted by Gasteiger charge is -2.39. The zero-order valence-electron chi connectivity index (χ0n) is 32.3. The molecule has 0 radical (unpaired) electrons. The predicted octanol–water partition coefficient (Wildman–Crippen LogP) is 13.2. The van der Waals surface area contributed by atoms with Crippen molar-refractivity contribution >= 4 is 10.9 Å². The van der Waals surface area contributed by atoms with Gasteiger partial charge in [0.1, 0.15) is 11.5 Å². The standard InChI is InChI=1S/C55H34N4O/c1-3-13-35(14-4-1)38-17-11-18-41(31-38)53-57-52(37-15-5-2-6-16-37)58-54(59-53)42-27-29-46-44(33-42)43-32-39(40-25-24-36-19-12-30-56-49(36)34-40)26-28-45(43)55(46)47-20-7-9-22-50(47)60-51-23-10-8-21-48(51)55/h1-34H. The number of ether oxygens (including phenoxy) is 1. The van der Waals surface area contributed by atoms with Gasteiger partial charge in [-0.2, -0.15) is 0 Å². The average Bonchev–Trinajstić information content (AvgIpc) is 3.61. The lowest BCUT2D eigenvalue weighted by atomic mass is 9.66. The minimum absolute atomic E-state index is 0.610. The second-order valence-electron chi connectivity index (χ2n) is 15.4. The highest BCUT2D eigenvalue weighted by Gasteiger charge is 2.51. The molecule has 5 nitrogen and oxygen atoms in total. The maximum atomic E-state index is 6.63. The molecule has 0 saturated carbocycles. The van der Waals surface area contributed by atoms with Crippen LogP contribution in [0.2, 0.25) is 0 Å². The summed E-state index contributed by atoms with van der Waals surface area (Å²) in [6.45, 7) is 0. The van der Waals surface area contributed by atoms with E-state index in [1.165, 1.54) is 11.1 Å². The first-order chi connectivity index (χ1) is 29.7. The molecule has 1 aliphatic heterocycles. The van der Waals surface area contributed by atoms with E-state index in [4.69, 9.17) is 19.7 Å². The van der Waals surface area contributed by atoms with Crippen LogP contribution in [0.25, 0.3) is 78.4 Å². The fraction of sp³-hybridized carbons (Fsp3) is 0.0182. The Morgan fingerprint density at radius 1 is 0.333 bits per heavy atom. The molecule has 12 rings (SSSR count). The number of para-hydroxylation sites is 2. The highest BCUT2D eigenvalue weighted by atomic mass is 16.5. The third kappa shape index (κ3) is 5.33. The third-order valence-corrected chi connectivity index (χ3v) is 12.0. The van der Waals surface area contributed by atoms with Crippen LogP contribution < -0.4 is 4.74 Å². The maximum absolute atomic E-state index is 6.63. The van der Waals surface area contributed by atoms with Gasteiger partial charge >= 0.3 is 0 Å². The number of hydrogen-bond acceptors (Lipinski definition) is 5. The molecule has 60 heavy (non-hydrogen) atoms.